The molecule has 3 rings (SSSR count). The third-order valence-electron chi connectivity index (χ3n) is 4.86. The van der Waals surface area contributed by atoms with Gasteiger partial charge in [0.1, 0.15) is 5.82 Å². The quantitative estimate of drug-likeness (QED) is 0.882. The van der Waals surface area contributed by atoms with E-state index in [0.717, 1.165) is 51.6 Å². The molecule has 1 aromatic heterocycles. The van der Waals surface area contributed by atoms with Crippen LogP contribution in [-0.4, -0.2) is 78.6 Å². The summed E-state index contributed by atoms with van der Waals surface area (Å²) in [7, 11) is 0. The van der Waals surface area contributed by atoms with Gasteiger partial charge in [-0.15, -0.1) is 0 Å². The van der Waals surface area contributed by atoms with E-state index in [9.17, 15) is 4.79 Å². The number of carbonyl (C=O) groups excluding carboxylic acids is 1. The fourth-order valence-corrected chi connectivity index (χ4v) is 3.45. The van der Waals surface area contributed by atoms with E-state index in [-0.39, 0.29) is 11.9 Å². The standard InChI is InChI=1S/C17H26ClN5O/c1-13(2)23-6-5-19-15(12-23)17(24)22-9-7-21(8-10-22)16-4-3-14(18)11-20-16/h3-4,11,13,15,19H,5-10,12H2,1-2H3. The molecule has 0 aliphatic carbocycles. The Morgan fingerprint density at radius 2 is 2.00 bits per heavy atom. The maximum absolute atomic E-state index is 12.8. The molecule has 1 N–H and O–H groups in total. The molecule has 0 radical (unpaired) electrons. The minimum Gasteiger partial charge on any atom is -0.353 e. The largest absolute Gasteiger partial charge is 0.353 e. The number of aromatic nitrogens is 1. The van der Waals surface area contributed by atoms with Crippen molar-refractivity contribution in [3.8, 4) is 0 Å². The molecular weight excluding hydrogens is 326 g/mol. The van der Waals surface area contributed by atoms with Crippen molar-refractivity contribution in [2.24, 2.45) is 0 Å². The van der Waals surface area contributed by atoms with Gasteiger partial charge < -0.3 is 15.1 Å². The van der Waals surface area contributed by atoms with Gasteiger partial charge in [-0.1, -0.05) is 11.6 Å². The van der Waals surface area contributed by atoms with Crippen molar-refractivity contribution in [1.82, 2.24) is 20.1 Å². The monoisotopic (exact) mass is 351 g/mol. The molecule has 1 aromatic rings. The fourth-order valence-electron chi connectivity index (χ4n) is 3.34. The normalized spacial score (nSPS) is 22.9. The van der Waals surface area contributed by atoms with Gasteiger partial charge in [0.25, 0.3) is 0 Å². The van der Waals surface area contributed by atoms with E-state index in [0.29, 0.717) is 11.1 Å². The minimum absolute atomic E-state index is 0.0821. The number of nitrogens with one attached hydrogen (secondary N) is 1. The Labute approximate surface area is 148 Å². The van der Waals surface area contributed by atoms with E-state index in [1.54, 1.807) is 6.20 Å². The number of carbonyl (C=O) groups is 1. The molecule has 1 amide bonds. The van der Waals surface area contributed by atoms with Crippen LogP contribution in [0.3, 0.4) is 0 Å². The number of hydrogen-bond donors (Lipinski definition) is 1. The summed E-state index contributed by atoms with van der Waals surface area (Å²) in [6, 6.07) is 4.19. The molecule has 3 heterocycles. The van der Waals surface area contributed by atoms with Gasteiger partial charge in [0.15, 0.2) is 0 Å². The highest BCUT2D eigenvalue weighted by Crippen LogP contribution is 2.17. The predicted molar refractivity (Wildman–Crippen MR) is 96.5 cm³/mol. The molecule has 1 unspecified atom stereocenters. The van der Waals surface area contributed by atoms with Gasteiger partial charge in [-0.05, 0) is 26.0 Å². The maximum atomic E-state index is 12.8. The molecule has 2 fully saturated rings. The third-order valence-corrected chi connectivity index (χ3v) is 5.09. The Bertz CT molecular complexity index is 557. The Hall–Kier alpha value is -1.37. The van der Waals surface area contributed by atoms with E-state index in [1.165, 1.54) is 0 Å². The predicted octanol–water partition coefficient (Wildman–Crippen LogP) is 1.07. The van der Waals surface area contributed by atoms with E-state index in [1.807, 2.05) is 17.0 Å². The first-order valence-electron chi connectivity index (χ1n) is 8.67. The first-order chi connectivity index (χ1) is 11.5. The van der Waals surface area contributed by atoms with Crippen LogP contribution in [0.1, 0.15) is 13.8 Å². The summed E-state index contributed by atoms with van der Waals surface area (Å²) in [5, 5.41) is 4.02. The van der Waals surface area contributed by atoms with E-state index < -0.39 is 0 Å². The zero-order chi connectivity index (χ0) is 17.1. The molecule has 6 nitrogen and oxygen atoms in total. The third kappa shape index (κ3) is 3.99. The summed E-state index contributed by atoms with van der Waals surface area (Å²) in [6.07, 6.45) is 1.67. The topological polar surface area (TPSA) is 51.7 Å². The molecule has 2 aliphatic heterocycles. The number of hydrogen-bond acceptors (Lipinski definition) is 5. The molecule has 2 aliphatic rings. The van der Waals surface area contributed by atoms with Crippen molar-refractivity contribution in [3.63, 3.8) is 0 Å². The van der Waals surface area contributed by atoms with E-state index in [2.05, 4.69) is 33.9 Å². The molecule has 0 bridgehead atoms. The van der Waals surface area contributed by atoms with Crippen LogP contribution >= 0.6 is 11.6 Å². The summed E-state index contributed by atoms with van der Waals surface area (Å²) in [5.41, 5.74) is 0. The van der Waals surface area contributed by atoms with Gasteiger partial charge in [0.05, 0.1) is 11.1 Å². The highest BCUT2D eigenvalue weighted by Gasteiger charge is 2.31. The Balaban J connectivity index is 1.54. The smallest absolute Gasteiger partial charge is 0.241 e. The van der Waals surface area contributed by atoms with Crippen molar-refractivity contribution < 1.29 is 4.79 Å². The van der Waals surface area contributed by atoms with Crippen LogP contribution in [0.2, 0.25) is 5.02 Å². The van der Waals surface area contributed by atoms with Gasteiger partial charge in [-0.25, -0.2) is 4.98 Å². The zero-order valence-corrected chi connectivity index (χ0v) is 15.2. The van der Waals surface area contributed by atoms with Gasteiger partial charge in [0.2, 0.25) is 5.91 Å². The minimum atomic E-state index is -0.0821. The number of anilines is 1. The number of pyridine rings is 1. The lowest BCUT2D eigenvalue weighted by Crippen LogP contribution is -2.61. The molecular formula is C17H26ClN5O. The molecule has 1 atom stereocenters. The number of halogens is 1. The van der Waals surface area contributed by atoms with Crippen molar-refractivity contribution in [2.75, 3.05) is 50.7 Å². The van der Waals surface area contributed by atoms with Crippen molar-refractivity contribution in [1.29, 1.82) is 0 Å². The maximum Gasteiger partial charge on any atom is 0.241 e. The second-order valence-electron chi connectivity index (χ2n) is 6.74. The average molecular weight is 352 g/mol. The lowest BCUT2D eigenvalue weighted by molar-refractivity contribution is -0.135. The number of rotatable bonds is 3. The number of piperazine rings is 2. The summed E-state index contributed by atoms with van der Waals surface area (Å²) in [6.45, 7) is 10.2. The van der Waals surface area contributed by atoms with Crippen LogP contribution in [0.5, 0.6) is 0 Å². The summed E-state index contributed by atoms with van der Waals surface area (Å²) >= 11 is 5.89. The second-order valence-corrected chi connectivity index (χ2v) is 7.18. The number of amides is 1. The molecule has 2 saturated heterocycles. The van der Waals surface area contributed by atoms with Gasteiger partial charge in [0, 0.05) is 58.1 Å². The van der Waals surface area contributed by atoms with Gasteiger partial charge in [-0.3, -0.25) is 9.69 Å². The summed E-state index contributed by atoms with van der Waals surface area (Å²) < 4.78 is 0. The molecule has 0 saturated carbocycles. The first-order valence-corrected chi connectivity index (χ1v) is 9.05. The zero-order valence-electron chi connectivity index (χ0n) is 14.4. The van der Waals surface area contributed by atoms with Crippen LogP contribution in [0.4, 0.5) is 5.82 Å². The summed E-state index contributed by atoms with van der Waals surface area (Å²) in [5.74, 6) is 1.15. The van der Waals surface area contributed by atoms with Crippen molar-refractivity contribution in [2.45, 2.75) is 25.9 Å². The Morgan fingerprint density at radius 3 is 2.62 bits per heavy atom. The van der Waals surface area contributed by atoms with Crippen LogP contribution < -0.4 is 10.2 Å². The average Bonchev–Trinajstić information content (AvgIpc) is 2.62. The highest BCUT2D eigenvalue weighted by molar-refractivity contribution is 6.30. The lowest BCUT2D eigenvalue weighted by atomic mass is 10.1. The second kappa shape index (κ2) is 7.68. The molecule has 0 spiro atoms. The van der Waals surface area contributed by atoms with Crippen LogP contribution in [-0.2, 0) is 4.79 Å². The molecule has 0 aromatic carbocycles. The van der Waals surface area contributed by atoms with Crippen LogP contribution in [0.15, 0.2) is 18.3 Å². The van der Waals surface area contributed by atoms with Crippen LogP contribution in [0, 0.1) is 0 Å². The fraction of sp³-hybridized carbons (Fsp3) is 0.647. The lowest BCUT2D eigenvalue weighted by Gasteiger charge is -2.40. The highest BCUT2D eigenvalue weighted by atomic mass is 35.5. The Morgan fingerprint density at radius 1 is 1.25 bits per heavy atom. The van der Waals surface area contributed by atoms with Crippen molar-refractivity contribution in [3.05, 3.63) is 23.4 Å². The number of nitrogens with zero attached hydrogens (tertiary/aromatic N) is 4. The van der Waals surface area contributed by atoms with Crippen LogP contribution in [0.25, 0.3) is 0 Å². The summed E-state index contributed by atoms with van der Waals surface area (Å²) in [4.78, 5) is 23.7. The Kier molecular flexibility index (Phi) is 5.58. The first kappa shape index (κ1) is 17.5. The van der Waals surface area contributed by atoms with Gasteiger partial charge in [-0.2, -0.15) is 0 Å². The van der Waals surface area contributed by atoms with E-state index in [4.69, 9.17) is 11.6 Å². The molecule has 24 heavy (non-hydrogen) atoms. The van der Waals surface area contributed by atoms with Gasteiger partial charge >= 0.3 is 0 Å². The van der Waals surface area contributed by atoms with E-state index >= 15 is 0 Å². The molecule has 132 valence electrons. The van der Waals surface area contributed by atoms with Crippen molar-refractivity contribution >= 4 is 23.3 Å². The molecule has 7 heteroatoms. The SMILES string of the molecule is CC(C)N1CCNC(C(=O)N2CCN(c3ccc(Cl)cn3)CC2)C1.